The van der Waals surface area contributed by atoms with Crippen LogP contribution in [0.5, 0.6) is 23.0 Å². The van der Waals surface area contributed by atoms with Crippen molar-refractivity contribution in [1.82, 2.24) is 0 Å². The Bertz CT molecular complexity index is 1680. The van der Waals surface area contributed by atoms with E-state index in [1.54, 1.807) is 49.4 Å². The van der Waals surface area contributed by atoms with Gasteiger partial charge in [-0.05, 0) is 138 Å². The summed E-state index contributed by atoms with van der Waals surface area (Å²) < 4.78 is 44.9. The monoisotopic (exact) mass is 917 g/mol. The highest BCUT2D eigenvalue weighted by atomic mass is 16.7. The zero-order valence-corrected chi connectivity index (χ0v) is 41.0. The molecule has 0 saturated carbocycles. The number of hydrogen-bond donors (Lipinski definition) is 0. The van der Waals surface area contributed by atoms with E-state index in [1.807, 2.05) is 0 Å². The fourth-order valence-electron chi connectivity index (χ4n) is 8.00. The van der Waals surface area contributed by atoms with Crippen LogP contribution in [-0.4, -0.2) is 64.2 Å². The third-order valence-electron chi connectivity index (χ3n) is 12.0. The molecule has 0 aliphatic carbocycles. The number of esters is 2. The second kappa shape index (κ2) is 35.2. The molecule has 2 aliphatic rings. The number of benzene rings is 3. The summed E-state index contributed by atoms with van der Waals surface area (Å²) in [5.41, 5.74) is 2.43. The smallest absolute Gasteiger partial charge is 0.343 e. The van der Waals surface area contributed by atoms with Crippen LogP contribution in [0.3, 0.4) is 0 Å². The lowest BCUT2D eigenvalue weighted by atomic mass is 10.1. The maximum atomic E-state index is 12.5. The van der Waals surface area contributed by atoms with Crippen molar-refractivity contribution in [3.8, 4) is 23.0 Å². The van der Waals surface area contributed by atoms with Crippen molar-refractivity contribution in [3.05, 3.63) is 83.4 Å². The van der Waals surface area contributed by atoms with Crippen molar-refractivity contribution in [2.75, 3.05) is 39.6 Å². The van der Waals surface area contributed by atoms with Crippen molar-refractivity contribution < 1.29 is 47.5 Å². The molecule has 5 rings (SSSR count). The molecule has 2 unspecified atom stereocenters. The van der Waals surface area contributed by atoms with Crippen molar-refractivity contribution in [2.45, 2.75) is 194 Å². The van der Waals surface area contributed by atoms with Crippen molar-refractivity contribution in [3.63, 3.8) is 0 Å². The van der Waals surface area contributed by atoms with Crippen LogP contribution in [0.15, 0.2) is 66.7 Å². The third kappa shape index (κ3) is 25.8. The van der Waals surface area contributed by atoms with Crippen LogP contribution in [0.2, 0.25) is 0 Å². The van der Waals surface area contributed by atoms with Gasteiger partial charge in [0.25, 0.3) is 0 Å². The van der Waals surface area contributed by atoms with Gasteiger partial charge in [-0.2, -0.15) is 0 Å². The summed E-state index contributed by atoms with van der Waals surface area (Å²) in [6.45, 7) is 10.2. The standard InChI is InChI=1S/C33H46O7.C23H38O3/c1-26-25-30(39-27(2)34)20-21-31(26)40-33(35)28-16-18-29(19-17-28)36-22-12-9-7-5-3-4-6-8-10-13-23-37-32-15-11-14-24-38-32;1-21-14-16-22(17-15-21)24-18-10-7-5-3-2-4-6-8-11-19-25-23-13-9-12-20-26-23/h16-21,25,32H,3-15,22-24H2,1-2H3;14-17,23H,2-13,18-20H2,1H3. The predicted molar refractivity (Wildman–Crippen MR) is 263 cm³/mol. The highest BCUT2D eigenvalue weighted by Crippen LogP contribution is 2.25. The second-order valence-corrected chi connectivity index (χ2v) is 18.0. The fraction of sp³-hybridized carbons (Fsp3) is 0.643. The average Bonchev–Trinajstić information content (AvgIpc) is 3.33. The Balaban J connectivity index is 0.000000316. The Morgan fingerprint density at radius 2 is 0.894 bits per heavy atom. The molecule has 0 N–H and O–H groups in total. The Morgan fingerprint density at radius 3 is 1.30 bits per heavy atom. The maximum absolute atomic E-state index is 12.5. The molecule has 2 fully saturated rings. The van der Waals surface area contributed by atoms with Crippen LogP contribution in [0.1, 0.15) is 189 Å². The highest BCUT2D eigenvalue weighted by Gasteiger charge is 2.15. The molecular formula is C56H84O10. The first-order chi connectivity index (χ1) is 32.4. The minimum atomic E-state index is -0.450. The topological polar surface area (TPSA) is 108 Å². The summed E-state index contributed by atoms with van der Waals surface area (Å²) in [4.78, 5) is 23.6. The normalized spacial score (nSPS) is 15.9. The molecule has 2 saturated heterocycles. The van der Waals surface area contributed by atoms with Gasteiger partial charge in [-0.3, -0.25) is 4.79 Å². The zero-order valence-electron chi connectivity index (χ0n) is 41.0. The molecule has 368 valence electrons. The summed E-state index contributed by atoms with van der Waals surface area (Å²) in [5, 5.41) is 0. The Morgan fingerprint density at radius 1 is 0.485 bits per heavy atom. The van der Waals surface area contributed by atoms with Crippen LogP contribution in [-0.2, 0) is 23.7 Å². The number of rotatable bonds is 32. The number of aryl methyl sites for hydroxylation is 2. The molecule has 3 aromatic carbocycles. The SMILES string of the molecule is CC(=O)Oc1ccc(OC(=O)c2ccc(OCCCCCCCCCCCCOC3CCCCO3)cc2)c(C)c1.Cc1ccc(OCCCCCCCCCCCOC2CCCCO2)cc1. The number of hydrogen-bond acceptors (Lipinski definition) is 10. The van der Waals surface area contributed by atoms with Crippen LogP contribution in [0.25, 0.3) is 0 Å². The summed E-state index contributed by atoms with van der Waals surface area (Å²) in [6.07, 6.45) is 31.1. The van der Waals surface area contributed by atoms with E-state index in [2.05, 4.69) is 31.2 Å². The average molecular weight is 917 g/mol. The van der Waals surface area contributed by atoms with E-state index in [0.29, 0.717) is 29.2 Å². The first kappa shape index (κ1) is 54.6. The Hall–Kier alpha value is -3.96. The first-order valence-corrected chi connectivity index (χ1v) is 25.8. The molecule has 66 heavy (non-hydrogen) atoms. The van der Waals surface area contributed by atoms with E-state index in [0.717, 1.165) is 76.6 Å². The molecule has 0 aromatic heterocycles. The first-order valence-electron chi connectivity index (χ1n) is 25.8. The van der Waals surface area contributed by atoms with Gasteiger partial charge in [0.05, 0.1) is 18.8 Å². The van der Waals surface area contributed by atoms with E-state index >= 15 is 0 Å². The summed E-state index contributed by atoms with van der Waals surface area (Å²) >= 11 is 0. The highest BCUT2D eigenvalue weighted by molar-refractivity contribution is 5.91. The fourth-order valence-corrected chi connectivity index (χ4v) is 8.00. The summed E-state index contributed by atoms with van der Waals surface area (Å²) in [7, 11) is 0. The molecule has 0 radical (unpaired) electrons. The van der Waals surface area contributed by atoms with Gasteiger partial charge in [-0.15, -0.1) is 0 Å². The lowest BCUT2D eigenvalue weighted by Gasteiger charge is -2.22. The molecule has 2 aliphatic heterocycles. The van der Waals surface area contributed by atoms with Gasteiger partial charge in [0, 0.05) is 33.4 Å². The Kier molecular flexibility index (Phi) is 29.2. The van der Waals surface area contributed by atoms with E-state index in [4.69, 9.17) is 37.9 Å². The lowest BCUT2D eigenvalue weighted by molar-refractivity contribution is -0.163. The molecule has 2 heterocycles. The van der Waals surface area contributed by atoms with E-state index < -0.39 is 11.9 Å². The number of unbranched alkanes of at least 4 members (excludes halogenated alkanes) is 17. The molecule has 0 amide bonds. The number of ether oxygens (including phenoxy) is 8. The molecule has 0 bridgehead atoms. The Labute approximate surface area is 398 Å². The summed E-state index contributed by atoms with van der Waals surface area (Å²) in [6, 6.07) is 20.2. The van der Waals surface area contributed by atoms with Crippen LogP contribution >= 0.6 is 0 Å². The van der Waals surface area contributed by atoms with Gasteiger partial charge in [0.15, 0.2) is 12.6 Å². The van der Waals surface area contributed by atoms with Gasteiger partial charge in [-0.25, -0.2) is 4.79 Å². The van der Waals surface area contributed by atoms with E-state index in [1.165, 1.54) is 141 Å². The van der Waals surface area contributed by atoms with Crippen LogP contribution in [0, 0.1) is 13.8 Å². The molecule has 10 nitrogen and oxygen atoms in total. The maximum Gasteiger partial charge on any atom is 0.343 e. The van der Waals surface area contributed by atoms with Crippen molar-refractivity contribution in [2.24, 2.45) is 0 Å². The quantitative estimate of drug-likeness (QED) is 0.0341. The minimum Gasteiger partial charge on any atom is -0.494 e. The van der Waals surface area contributed by atoms with Gasteiger partial charge in [-0.1, -0.05) is 114 Å². The lowest BCUT2D eigenvalue weighted by Crippen LogP contribution is -2.22. The van der Waals surface area contributed by atoms with Gasteiger partial charge >= 0.3 is 11.9 Å². The van der Waals surface area contributed by atoms with Gasteiger partial charge in [0.1, 0.15) is 23.0 Å². The van der Waals surface area contributed by atoms with E-state index in [9.17, 15) is 9.59 Å². The molecule has 10 heteroatoms. The molecule has 3 aromatic rings. The minimum absolute atomic E-state index is 0.0490. The molecular weight excluding hydrogens is 833 g/mol. The molecule has 2 atom stereocenters. The summed E-state index contributed by atoms with van der Waals surface area (Å²) in [5.74, 6) is 1.73. The number of carbonyl (C=O) groups excluding carboxylic acids is 2. The second-order valence-electron chi connectivity index (χ2n) is 18.0. The molecule has 0 spiro atoms. The van der Waals surface area contributed by atoms with Crippen LogP contribution in [0.4, 0.5) is 0 Å². The van der Waals surface area contributed by atoms with Crippen molar-refractivity contribution >= 4 is 11.9 Å². The van der Waals surface area contributed by atoms with Gasteiger partial charge < -0.3 is 37.9 Å². The zero-order chi connectivity index (χ0) is 46.7. The largest absolute Gasteiger partial charge is 0.494 e. The van der Waals surface area contributed by atoms with Crippen LogP contribution < -0.4 is 18.9 Å². The van der Waals surface area contributed by atoms with Crippen molar-refractivity contribution in [1.29, 1.82) is 0 Å². The number of carbonyl (C=O) groups is 2. The predicted octanol–water partition coefficient (Wildman–Crippen LogP) is 14.4. The van der Waals surface area contributed by atoms with Gasteiger partial charge in [0.2, 0.25) is 0 Å². The third-order valence-corrected chi connectivity index (χ3v) is 12.0. The van der Waals surface area contributed by atoms with E-state index in [-0.39, 0.29) is 12.6 Å².